The Bertz CT molecular complexity index is 866. The molecule has 0 aliphatic carbocycles. The van der Waals surface area contributed by atoms with Crippen LogP contribution in [0.2, 0.25) is 0 Å². The molecule has 2 aromatic rings. The van der Waals surface area contributed by atoms with E-state index in [0.29, 0.717) is 46.1 Å². The van der Waals surface area contributed by atoms with Crippen molar-refractivity contribution in [2.24, 2.45) is 0 Å². The van der Waals surface area contributed by atoms with Crippen molar-refractivity contribution in [1.29, 1.82) is 0 Å². The number of carbonyl (C=O) groups excluding carboxylic acids is 1. The fourth-order valence-electron chi connectivity index (χ4n) is 4.30. The molecule has 0 unspecified atom stereocenters. The van der Waals surface area contributed by atoms with E-state index in [9.17, 15) is 9.18 Å². The Morgan fingerprint density at radius 3 is 2.17 bits per heavy atom. The molecular weight excluding hydrogens is 373 g/mol. The summed E-state index contributed by atoms with van der Waals surface area (Å²) < 4.78 is 26.4. The first kappa shape index (κ1) is 19.9. The van der Waals surface area contributed by atoms with E-state index in [-0.39, 0.29) is 11.7 Å². The van der Waals surface area contributed by atoms with Gasteiger partial charge in [-0.15, -0.1) is 0 Å². The van der Waals surface area contributed by atoms with E-state index in [1.165, 1.54) is 12.1 Å². The van der Waals surface area contributed by atoms with E-state index >= 15 is 0 Å². The molecular formula is C22H28FN3O3. The van der Waals surface area contributed by atoms with Crippen molar-refractivity contribution in [1.82, 2.24) is 9.47 Å². The van der Waals surface area contributed by atoms with Crippen LogP contribution in [-0.2, 0) is 16.0 Å². The number of hydrogen-bond acceptors (Lipinski definition) is 4. The highest BCUT2D eigenvalue weighted by Crippen LogP contribution is 2.33. The van der Waals surface area contributed by atoms with Gasteiger partial charge >= 0.3 is 0 Å². The van der Waals surface area contributed by atoms with E-state index in [2.05, 4.69) is 16.4 Å². The van der Waals surface area contributed by atoms with Crippen LogP contribution < -0.4 is 4.90 Å². The van der Waals surface area contributed by atoms with Crippen molar-refractivity contribution in [3.8, 4) is 0 Å². The van der Waals surface area contributed by atoms with Gasteiger partial charge in [0.05, 0.1) is 32.1 Å². The van der Waals surface area contributed by atoms with E-state index in [1.54, 1.807) is 12.1 Å². The number of anilines is 1. The number of rotatable bonds is 4. The molecule has 0 spiro atoms. The summed E-state index contributed by atoms with van der Waals surface area (Å²) >= 11 is 0. The predicted molar refractivity (Wildman–Crippen MR) is 109 cm³/mol. The van der Waals surface area contributed by atoms with Crippen LogP contribution >= 0.6 is 0 Å². The molecule has 6 nitrogen and oxygen atoms in total. The Kier molecular flexibility index (Phi) is 5.87. The van der Waals surface area contributed by atoms with Crippen LogP contribution in [0.1, 0.15) is 27.3 Å². The molecule has 156 valence electrons. The summed E-state index contributed by atoms with van der Waals surface area (Å²) in [4.78, 5) is 17.7. The molecule has 0 bridgehead atoms. The fraction of sp³-hybridized carbons (Fsp3) is 0.500. The smallest absolute Gasteiger partial charge is 0.271 e. The van der Waals surface area contributed by atoms with Crippen LogP contribution in [0.25, 0.3) is 0 Å². The number of halogens is 1. The minimum absolute atomic E-state index is 0.0375. The van der Waals surface area contributed by atoms with Crippen molar-refractivity contribution in [2.45, 2.75) is 20.4 Å². The van der Waals surface area contributed by atoms with Gasteiger partial charge in [-0.25, -0.2) is 4.39 Å². The van der Waals surface area contributed by atoms with Gasteiger partial charge in [0.15, 0.2) is 0 Å². The lowest BCUT2D eigenvalue weighted by molar-refractivity contribution is 0.0295. The van der Waals surface area contributed by atoms with Crippen molar-refractivity contribution in [3.05, 3.63) is 52.6 Å². The zero-order valence-corrected chi connectivity index (χ0v) is 17.1. The van der Waals surface area contributed by atoms with Crippen molar-refractivity contribution >= 4 is 11.6 Å². The summed E-state index contributed by atoms with van der Waals surface area (Å²) in [5.74, 6) is -0.219. The monoisotopic (exact) mass is 401 g/mol. The number of amides is 1. The number of aromatic nitrogens is 1. The summed E-state index contributed by atoms with van der Waals surface area (Å²) in [5, 5.41) is 0. The maximum atomic E-state index is 13.5. The second-order valence-electron chi connectivity index (χ2n) is 7.62. The van der Waals surface area contributed by atoms with Gasteiger partial charge in [0.1, 0.15) is 11.5 Å². The topological polar surface area (TPSA) is 46.9 Å². The minimum Gasteiger partial charge on any atom is -0.378 e. The SMILES string of the molecule is Cc1c(N2CCOCC2)c(C)n(Cc2ccc(F)cc2)c1C(=O)N1CCOCC1. The Balaban J connectivity index is 1.75. The van der Waals surface area contributed by atoms with Gasteiger partial charge in [-0.2, -0.15) is 0 Å². The average molecular weight is 401 g/mol. The van der Waals surface area contributed by atoms with E-state index < -0.39 is 0 Å². The lowest BCUT2D eigenvalue weighted by Crippen LogP contribution is -2.41. The van der Waals surface area contributed by atoms with Crippen LogP contribution in [0.3, 0.4) is 0 Å². The number of hydrogen-bond donors (Lipinski definition) is 0. The lowest BCUT2D eigenvalue weighted by atomic mass is 10.1. The van der Waals surface area contributed by atoms with Crippen LogP contribution in [-0.4, -0.2) is 68.0 Å². The lowest BCUT2D eigenvalue weighted by Gasteiger charge is -2.30. The first-order valence-corrected chi connectivity index (χ1v) is 10.2. The molecule has 1 aromatic carbocycles. The van der Waals surface area contributed by atoms with Crippen molar-refractivity contribution in [3.63, 3.8) is 0 Å². The molecule has 0 N–H and O–H groups in total. The van der Waals surface area contributed by atoms with Crippen LogP contribution in [0.15, 0.2) is 24.3 Å². The molecule has 1 amide bonds. The molecule has 0 radical (unpaired) electrons. The predicted octanol–water partition coefficient (Wildman–Crippen LogP) is 2.60. The number of carbonyl (C=O) groups is 1. The van der Waals surface area contributed by atoms with E-state index in [1.807, 2.05) is 11.8 Å². The first-order valence-electron chi connectivity index (χ1n) is 10.2. The highest BCUT2D eigenvalue weighted by molar-refractivity contribution is 5.96. The van der Waals surface area contributed by atoms with Gasteiger partial charge in [-0.1, -0.05) is 12.1 Å². The largest absolute Gasteiger partial charge is 0.378 e. The number of morpholine rings is 2. The number of nitrogens with zero attached hydrogens (tertiary/aromatic N) is 3. The molecule has 3 heterocycles. The second-order valence-corrected chi connectivity index (χ2v) is 7.62. The average Bonchev–Trinajstić information content (AvgIpc) is 3.00. The minimum atomic E-state index is -0.257. The maximum absolute atomic E-state index is 13.5. The summed E-state index contributed by atoms with van der Waals surface area (Å²) in [6.45, 7) is 9.98. The standard InChI is InChI=1S/C22H28FN3O3/c1-16-20(24-7-11-28-12-8-24)17(2)26(15-18-3-5-19(23)6-4-18)21(16)22(27)25-9-13-29-14-10-25/h3-6H,7-15H2,1-2H3. The Morgan fingerprint density at radius 1 is 0.966 bits per heavy atom. The number of benzene rings is 1. The van der Waals surface area contributed by atoms with Crippen LogP contribution in [0.4, 0.5) is 10.1 Å². The first-order chi connectivity index (χ1) is 14.1. The third-order valence-electron chi connectivity index (χ3n) is 5.81. The summed E-state index contributed by atoms with van der Waals surface area (Å²) in [6, 6.07) is 6.49. The molecule has 2 aliphatic heterocycles. The summed E-state index contributed by atoms with van der Waals surface area (Å²) in [6.07, 6.45) is 0. The van der Waals surface area contributed by atoms with E-state index in [4.69, 9.17) is 9.47 Å². The van der Waals surface area contributed by atoms with Crippen molar-refractivity contribution in [2.75, 3.05) is 57.5 Å². The fourth-order valence-corrected chi connectivity index (χ4v) is 4.30. The molecule has 29 heavy (non-hydrogen) atoms. The quantitative estimate of drug-likeness (QED) is 0.790. The molecule has 0 atom stereocenters. The maximum Gasteiger partial charge on any atom is 0.271 e. The third-order valence-corrected chi connectivity index (χ3v) is 5.81. The van der Waals surface area contributed by atoms with E-state index in [0.717, 1.165) is 41.3 Å². The molecule has 4 rings (SSSR count). The summed E-state index contributed by atoms with van der Waals surface area (Å²) in [7, 11) is 0. The molecule has 0 saturated carbocycles. The zero-order valence-electron chi connectivity index (χ0n) is 17.1. The number of ether oxygens (including phenoxy) is 2. The zero-order chi connectivity index (χ0) is 20.4. The molecule has 7 heteroatoms. The highest BCUT2D eigenvalue weighted by Gasteiger charge is 2.30. The van der Waals surface area contributed by atoms with Crippen LogP contribution in [0.5, 0.6) is 0 Å². The summed E-state index contributed by atoms with van der Waals surface area (Å²) in [5.41, 5.74) is 4.87. The Morgan fingerprint density at radius 2 is 1.55 bits per heavy atom. The van der Waals surface area contributed by atoms with Gasteiger partial charge < -0.3 is 23.8 Å². The Labute approximate surface area is 170 Å². The Hall–Kier alpha value is -2.38. The van der Waals surface area contributed by atoms with Gasteiger partial charge in [-0.05, 0) is 31.5 Å². The normalized spacial score (nSPS) is 17.6. The molecule has 1 aromatic heterocycles. The third kappa shape index (κ3) is 4.02. The van der Waals surface area contributed by atoms with Crippen LogP contribution in [0, 0.1) is 19.7 Å². The highest BCUT2D eigenvalue weighted by atomic mass is 19.1. The molecule has 2 saturated heterocycles. The van der Waals surface area contributed by atoms with Gasteiger partial charge in [0.25, 0.3) is 5.91 Å². The molecule has 2 fully saturated rings. The molecule has 2 aliphatic rings. The van der Waals surface area contributed by atoms with Gasteiger partial charge in [0.2, 0.25) is 0 Å². The second kappa shape index (κ2) is 8.55. The van der Waals surface area contributed by atoms with Gasteiger partial charge in [0, 0.05) is 44.0 Å². The van der Waals surface area contributed by atoms with Crippen molar-refractivity contribution < 1.29 is 18.7 Å². The van der Waals surface area contributed by atoms with Gasteiger partial charge in [-0.3, -0.25) is 4.79 Å².